The molecule has 0 aliphatic rings. The van der Waals surface area contributed by atoms with Gasteiger partial charge in [0.2, 0.25) is 0 Å². The molecule has 0 aliphatic heterocycles. The van der Waals surface area contributed by atoms with Crippen LogP contribution in [-0.4, -0.2) is 8.76 Å². The molecular formula is C15H10FO3S-. The highest BCUT2D eigenvalue weighted by molar-refractivity contribution is 7.74. The second-order valence-corrected chi connectivity index (χ2v) is 5.03. The average Bonchev–Trinajstić information content (AvgIpc) is 2.45. The molecule has 20 heavy (non-hydrogen) atoms. The molecule has 102 valence electrons. The molecule has 0 aromatic heterocycles. The Bertz CT molecular complexity index is 817. The summed E-state index contributed by atoms with van der Waals surface area (Å²) in [5.74, 6) is -0.330. The zero-order valence-corrected chi connectivity index (χ0v) is 11.2. The average molecular weight is 289 g/mol. The molecule has 3 rings (SSSR count). The number of hydrogen-bond donors (Lipinski definition) is 0. The number of benzene rings is 3. The number of halogens is 1. The van der Waals surface area contributed by atoms with Crippen molar-refractivity contribution in [1.82, 2.24) is 0 Å². The van der Waals surface area contributed by atoms with E-state index in [1.807, 2.05) is 18.2 Å². The molecule has 1 unspecified atom stereocenters. The minimum absolute atomic E-state index is 0.106. The van der Waals surface area contributed by atoms with Crippen LogP contribution in [0.4, 0.5) is 4.39 Å². The van der Waals surface area contributed by atoms with Gasteiger partial charge in [-0.3, -0.25) is 4.18 Å². The quantitative estimate of drug-likeness (QED) is 0.548. The van der Waals surface area contributed by atoms with Crippen LogP contribution in [-0.2, 0) is 22.2 Å². The van der Waals surface area contributed by atoms with Gasteiger partial charge in [0.25, 0.3) is 0 Å². The molecule has 0 heterocycles. The van der Waals surface area contributed by atoms with Gasteiger partial charge in [-0.05, 0) is 27.8 Å². The van der Waals surface area contributed by atoms with Gasteiger partial charge in [-0.2, -0.15) is 0 Å². The van der Waals surface area contributed by atoms with E-state index in [0.29, 0.717) is 16.3 Å². The second kappa shape index (κ2) is 5.28. The van der Waals surface area contributed by atoms with Crippen molar-refractivity contribution in [2.75, 3.05) is 0 Å². The first-order valence-electron chi connectivity index (χ1n) is 5.98. The largest absolute Gasteiger partial charge is 0.750 e. The van der Waals surface area contributed by atoms with Crippen molar-refractivity contribution in [2.24, 2.45) is 0 Å². The van der Waals surface area contributed by atoms with Crippen LogP contribution in [0.15, 0.2) is 48.5 Å². The fourth-order valence-electron chi connectivity index (χ4n) is 2.39. The Morgan fingerprint density at radius 2 is 1.65 bits per heavy atom. The van der Waals surface area contributed by atoms with Gasteiger partial charge in [0.1, 0.15) is 5.82 Å². The Kier molecular flexibility index (Phi) is 3.48. The van der Waals surface area contributed by atoms with Crippen molar-refractivity contribution in [2.45, 2.75) is 6.61 Å². The lowest BCUT2D eigenvalue weighted by molar-refractivity contribution is 0.292. The molecule has 3 nitrogen and oxygen atoms in total. The lowest BCUT2D eigenvalue weighted by Crippen LogP contribution is -1.97. The number of hydrogen-bond acceptors (Lipinski definition) is 3. The monoisotopic (exact) mass is 289 g/mol. The Balaban J connectivity index is 2.27. The highest BCUT2D eigenvalue weighted by Crippen LogP contribution is 2.30. The predicted octanol–water partition coefficient (Wildman–Crippen LogP) is 3.44. The Morgan fingerprint density at radius 3 is 2.40 bits per heavy atom. The Morgan fingerprint density at radius 1 is 1.00 bits per heavy atom. The van der Waals surface area contributed by atoms with Crippen molar-refractivity contribution >= 4 is 32.9 Å². The highest BCUT2D eigenvalue weighted by Gasteiger charge is 2.09. The van der Waals surface area contributed by atoms with Crippen LogP contribution in [0.2, 0.25) is 0 Å². The summed E-state index contributed by atoms with van der Waals surface area (Å²) in [6, 6.07) is 14.0. The molecule has 1 atom stereocenters. The van der Waals surface area contributed by atoms with E-state index in [0.717, 1.165) is 10.8 Å². The molecule has 0 saturated carbocycles. The minimum Gasteiger partial charge on any atom is -0.750 e. The van der Waals surface area contributed by atoms with Gasteiger partial charge in [-0.1, -0.05) is 42.5 Å². The topological polar surface area (TPSA) is 49.4 Å². The van der Waals surface area contributed by atoms with Crippen molar-refractivity contribution in [3.05, 3.63) is 59.9 Å². The van der Waals surface area contributed by atoms with Crippen LogP contribution < -0.4 is 0 Å². The molecule has 3 aromatic carbocycles. The van der Waals surface area contributed by atoms with E-state index in [2.05, 4.69) is 4.18 Å². The van der Waals surface area contributed by atoms with E-state index in [-0.39, 0.29) is 12.4 Å². The molecule has 0 aliphatic carbocycles. The van der Waals surface area contributed by atoms with Gasteiger partial charge < -0.3 is 4.55 Å². The van der Waals surface area contributed by atoms with E-state index in [9.17, 15) is 13.2 Å². The SMILES string of the molecule is O=S([O-])OCc1cccc2c1cc(F)c1ccccc12. The van der Waals surface area contributed by atoms with Crippen molar-refractivity contribution < 1.29 is 17.3 Å². The van der Waals surface area contributed by atoms with E-state index in [1.165, 1.54) is 6.07 Å². The van der Waals surface area contributed by atoms with Crippen LogP contribution in [0.1, 0.15) is 5.56 Å². The van der Waals surface area contributed by atoms with Crippen molar-refractivity contribution in [3.63, 3.8) is 0 Å². The zero-order valence-electron chi connectivity index (χ0n) is 10.3. The van der Waals surface area contributed by atoms with Gasteiger partial charge in [0, 0.05) is 5.39 Å². The van der Waals surface area contributed by atoms with E-state index in [4.69, 9.17) is 0 Å². The lowest BCUT2D eigenvalue weighted by atomic mass is 9.98. The highest BCUT2D eigenvalue weighted by atomic mass is 32.2. The fourth-order valence-corrected chi connectivity index (χ4v) is 2.61. The van der Waals surface area contributed by atoms with E-state index < -0.39 is 11.4 Å². The molecule has 5 heteroatoms. The summed E-state index contributed by atoms with van der Waals surface area (Å²) in [6.45, 7) is -0.106. The molecule has 3 aromatic rings. The summed E-state index contributed by atoms with van der Waals surface area (Å²) in [5, 5.41) is 2.88. The van der Waals surface area contributed by atoms with Crippen LogP contribution in [0.3, 0.4) is 0 Å². The third kappa shape index (κ3) is 2.31. The van der Waals surface area contributed by atoms with Crippen LogP contribution in [0.5, 0.6) is 0 Å². The molecule has 0 fully saturated rings. The number of rotatable bonds is 3. The molecule has 0 radical (unpaired) electrons. The summed E-state index contributed by atoms with van der Waals surface area (Å²) < 4.78 is 39.7. The van der Waals surface area contributed by atoms with Crippen LogP contribution in [0.25, 0.3) is 21.5 Å². The van der Waals surface area contributed by atoms with Crippen LogP contribution in [0, 0.1) is 5.82 Å². The maximum atomic E-state index is 14.1. The minimum atomic E-state index is -2.59. The van der Waals surface area contributed by atoms with Gasteiger partial charge in [0.05, 0.1) is 18.0 Å². The Labute approximate surface area is 117 Å². The first-order valence-corrected chi connectivity index (χ1v) is 6.98. The van der Waals surface area contributed by atoms with Gasteiger partial charge in [0.15, 0.2) is 0 Å². The molecule has 0 bridgehead atoms. The maximum Gasteiger partial charge on any atom is 0.131 e. The standard InChI is InChI=1S/C15H11FO3S/c16-15-8-14-10(9-19-20(17)18)4-3-7-12(14)11-5-1-2-6-13(11)15/h1-8H,9H2,(H,17,18)/p-1. The van der Waals surface area contributed by atoms with E-state index >= 15 is 0 Å². The van der Waals surface area contributed by atoms with Crippen LogP contribution >= 0.6 is 0 Å². The van der Waals surface area contributed by atoms with E-state index in [1.54, 1.807) is 24.3 Å². The predicted molar refractivity (Wildman–Crippen MR) is 75.1 cm³/mol. The fraction of sp³-hybridized carbons (Fsp3) is 0.0667. The molecule has 0 N–H and O–H groups in total. The van der Waals surface area contributed by atoms with Gasteiger partial charge in [-0.15, -0.1) is 0 Å². The maximum absolute atomic E-state index is 14.1. The summed E-state index contributed by atoms with van der Waals surface area (Å²) in [7, 11) is 0. The first-order chi connectivity index (χ1) is 9.66. The Hall–Kier alpha value is -1.82. The summed E-state index contributed by atoms with van der Waals surface area (Å²) in [5.41, 5.74) is 0.636. The summed E-state index contributed by atoms with van der Waals surface area (Å²) in [6.07, 6.45) is 0. The molecule has 0 amide bonds. The number of fused-ring (bicyclic) bond motifs is 3. The smallest absolute Gasteiger partial charge is 0.131 e. The molecule has 0 spiro atoms. The second-order valence-electron chi connectivity index (χ2n) is 4.38. The lowest BCUT2D eigenvalue weighted by Gasteiger charge is -2.11. The normalized spacial score (nSPS) is 12.9. The third-order valence-electron chi connectivity index (χ3n) is 3.25. The summed E-state index contributed by atoms with van der Waals surface area (Å²) in [4.78, 5) is 0. The zero-order chi connectivity index (χ0) is 14.1. The van der Waals surface area contributed by atoms with Crippen molar-refractivity contribution in [1.29, 1.82) is 0 Å². The van der Waals surface area contributed by atoms with Gasteiger partial charge in [-0.25, -0.2) is 8.60 Å². The third-order valence-corrected chi connectivity index (χ3v) is 3.56. The molecular weight excluding hydrogens is 279 g/mol. The summed E-state index contributed by atoms with van der Waals surface area (Å²) >= 11 is -2.59. The van der Waals surface area contributed by atoms with Gasteiger partial charge >= 0.3 is 0 Å². The molecule has 0 saturated heterocycles. The van der Waals surface area contributed by atoms with Crippen molar-refractivity contribution in [3.8, 4) is 0 Å². The first kappa shape index (κ1) is 13.2.